The van der Waals surface area contributed by atoms with E-state index < -0.39 is 5.41 Å². The van der Waals surface area contributed by atoms with Gasteiger partial charge in [0.2, 0.25) is 0 Å². The van der Waals surface area contributed by atoms with Gasteiger partial charge in [0.1, 0.15) is 6.61 Å². The molecule has 0 saturated heterocycles. The molecule has 0 bridgehead atoms. The summed E-state index contributed by atoms with van der Waals surface area (Å²) >= 11 is 0. The summed E-state index contributed by atoms with van der Waals surface area (Å²) in [5.41, 5.74) is 1.12. The molecule has 0 spiro atoms. The Morgan fingerprint density at radius 3 is 2.45 bits per heavy atom. The standard InChI is InChI=1S/C17H22O3/c1-13(10-18)9-17(12-16(17,2)3)15(19)20-11-14-7-5-4-6-8-14/h4-9,18H,10-12H2,1-3H3/b13-9+. The molecule has 1 fully saturated rings. The predicted molar refractivity (Wildman–Crippen MR) is 77.9 cm³/mol. The first kappa shape index (κ1) is 14.8. The molecule has 0 heterocycles. The van der Waals surface area contributed by atoms with Crippen LogP contribution in [0.5, 0.6) is 0 Å². The van der Waals surface area contributed by atoms with Crippen molar-refractivity contribution in [3.63, 3.8) is 0 Å². The van der Waals surface area contributed by atoms with Gasteiger partial charge in [-0.05, 0) is 24.3 Å². The molecule has 0 radical (unpaired) electrons. The van der Waals surface area contributed by atoms with Gasteiger partial charge in [-0.2, -0.15) is 0 Å². The first-order valence-corrected chi connectivity index (χ1v) is 6.92. The Bertz CT molecular complexity index is 516. The topological polar surface area (TPSA) is 46.5 Å². The van der Waals surface area contributed by atoms with Crippen molar-refractivity contribution >= 4 is 5.97 Å². The van der Waals surface area contributed by atoms with Gasteiger partial charge in [-0.1, -0.05) is 55.8 Å². The molecule has 1 aliphatic carbocycles. The van der Waals surface area contributed by atoms with E-state index in [1.807, 2.05) is 43.3 Å². The lowest BCUT2D eigenvalue weighted by atomic mass is 9.93. The third kappa shape index (κ3) is 2.78. The summed E-state index contributed by atoms with van der Waals surface area (Å²) in [5, 5.41) is 9.17. The summed E-state index contributed by atoms with van der Waals surface area (Å²) in [7, 11) is 0. The van der Waals surface area contributed by atoms with E-state index in [2.05, 4.69) is 13.8 Å². The first-order valence-electron chi connectivity index (χ1n) is 6.92. The fraction of sp³-hybridized carbons (Fsp3) is 0.471. The number of ether oxygens (including phenoxy) is 1. The summed E-state index contributed by atoms with van der Waals surface area (Å²) in [4.78, 5) is 12.4. The highest BCUT2D eigenvalue weighted by Gasteiger charge is 2.66. The highest BCUT2D eigenvalue weighted by molar-refractivity contribution is 5.84. The van der Waals surface area contributed by atoms with E-state index >= 15 is 0 Å². The number of aliphatic hydroxyl groups excluding tert-OH is 1. The molecule has 3 nitrogen and oxygen atoms in total. The lowest BCUT2D eigenvalue weighted by Gasteiger charge is -2.16. The fourth-order valence-electron chi connectivity index (χ4n) is 2.62. The number of aliphatic hydroxyl groups is 1. The number of esters is 1. The summed E-state index contributed by atoms with van der Waals surface area (Å²) in [6.45, 7) is 6.21. The zero-order chi connectivity index (χ0) is 14.8. The Hall–Kier alpha value is -1.61. The maximum atomic E-state index is 12.4. The lowest BCUT2D eigenvalue weighted by Crippen LogP contribution is -2.22. The number of hydrogen-bond acceptors (Lipinski definition) is 3. The molecule has 1 atom stereocenters. The summed E-state index contributed by atoms with van der Waals surface area (Å²) in [6, 6.07) is 9.66. The number of rotatable bonds is 5. The molecule has 3 heteroatoms. The van der Waals surface area contributed by atoms with Crippen molar-refractivity contribution in [2.45, 2.75) is 33.8 Å². The third-order valence-corrected chi connectivity index (χ3v) is 4.12. The minimum Gasteiger partial charge on any atom is -0.460 e. The molecule has 1 saturated carbocycles. The van der Waals surface area contributed by atoms with Crippen molar-refractivity contribution in [1.29, 1.82) is 0 Å². The largest absolute Gasteiger partial charge is 0.460 e. The second-order valence-corrected chi connectivity index (χ2v) is 6.24. The molecule has 2 rings (SSSR count). The van der Waals surface area contributed by atoms with Crippen LogP contribution >= 0.6 is 0 Å². The van der Waals surface area contributed by atoms with Gasteiger partial charge in [0, 0.05) is 0 Å². The molecular weight excluding hydrogens is 252 g/mol. The monoisotopic (exact) mass is 274 g/mol. The van der Waals surface area contributed by atoms with Gasteiger partial charge in [0.25, 0.3) is 0 Å². The Balaban J connectivity index is 2.07. The Kier molecular flexibility index (Phi) is 4.00. The Morgan fingerprint density at radius 1 is 1.35 bits per heavy atom. The summed E-state index contributed by atoms with van der Waals surface area (Å²) in [5.74, 6) is -0.195. The molecule has 1 aliphatic rings. The van der Waals surface area contributed by atoms with Gasteiger partial charge < -0.3 is 9.84 Å². The van der Waals surface area contributed by atoms with Gasteiger partial charge >= 0.3 is 5.97 Å². The second kappa shape index (κ2) is 5.41. The summed E-state index contributed by atoms with van der Waals surface area (Å²) in [6.07, 6.45) is 2.64. The van der Waals surface area contributed by atoms with E-state index in [-0.39, 0.29) is 18.0 Å². The molecule has 1 unspecified atom stereocenters. The van der Waals surface area contributed by atoms with Crippen LogP contribution in [0, 0.1) is 10.8 Å². The Labute approximate surface area is 120 Å². The van der Waals surface area contributed by atoms with Crippen LogP contribution in [-0.2, 0) is 16.1 Å². The summed E-state index contributed by atoms with van der Waals surface area (Å²) < 4.78 is 5.47. The smallest absolute Gasteiger partial charge is 0.316 e. The van der Waals surface area contributed by atoms with Crippen LogP contribution in [0.1, 0.15) is 32.8 Å². The maximum Gasteiger partial charge on any atom is 0.316 e. The van der Waals surface area contributed by atoms with Gasteiger partial charge in [0.05, 0.1) is 12.0 Å². The normalized spacial score (nSPS) is 24.3. The SMILES string of the molecule is C/C(=C\C1(C(=O)OCc2ccccc2)CC1(C)C)CO. The predicted octanol–water partition coefficient (Wildman–Crippen LogP) is 3.08. The lowest BCUT2D eigenvalue weighted by molar-refractivity contribution is -0.150. The van der Waals surface area contributed by atoms with Crippen molar-refractivity contribution in [3.05, 3.63) is 47.5 Å². The second-order valence-electron chi connectivity index (χ2n) is 6.24. The highest BCUT2D eigenvalue weighted by atomic mass is 16.5. The quantitative estimate of drug-likeness (QED) is 0.663. The average Bonchev–Trinajstić information content (AvgIpc) is 2.99. The Morgan fingerprint density at radius 2 is 1.95 bits per heavy atom. The van der Waals surface area contributed by atoms with Crippen molar-refractivity contribution in [1.82, 2.24) is 0 Å². The number of hydrogen-bond donors (Lipinski definition) is 1. The van der Waals surface area contributed by atoms with E-state index in [9.17, 15) is 4.79 Å². The zero-order valence-electron chi connectivity index (χ0n) is 12.3. The van der Waals surface area contributed by atoms with Crippen LogP contribution in [-0.4, -0.2) is 17.7 Å². The van der Waals surface area contributed by atoms with Crippen LogP contribution in [0.3, 0.4) is 0 Å². The molecule has 0 amide bonds. The molecule has 1 N–H and O–H groups in total. The van der Waals surface area contributed by atoms with Crippen LogP contribution in [0.4, 0.5) is 0 Å². The zero-order valence-corrected chi connectivity index (χ0v) is 12.3. The average molecular weight is 274 g/mol. The van der Waals surface area contributed by atoms with Crippen molar-refractivity contribution < 1.29 is 14.6 Å². The van der Waals surface area contributed by atoms with E-state index in [0.717, 1.165) is 17.6 Å². The van der Waals surface area contributed by atoms with Gasteiger partial charge in [-0.3, -0.25) is 4.79 Å². The molecule has 108 valence electrons. The third-order valence-electron chi connectivity index (χ3n) is 4.12. The van der Waals surface area contributed by atoms with Gasteiger partial charge in [-0.15, -0.1) is 0 Å². The minimum absolute atomic E-state index is 0.0240. The van der Waals surface area contributed by atoms with Crippen molar-refractivity contribution in [2.75, 3.05) is 6.61 Å². The van der Waals surface area contributed by atoms with E-state index in [4.69, 9.17) is 9.84 Å². The molecule has 0 aromatic heterocycles. The molecular formula is C17H22O3. The molecule has 1 aromatic carbocycles. The first-order chi connectivity index (χ1) is 9.41. The maximum absolute atomic E-state index is 12.4. The van der Waals surface area contributed by atoms with E-state index in [0.29, 0.717) is 6.61 Å². The van der Waals surface area contributed by atoms with E-state index in [1.165, 1.54) is 0 Å². The van der Waals surface area contributed by atoms with Gasteiger partial charge in [0.15, 0.2) is 0 Å². The molecule has 20 heavy (non-hydrogen) atoms. The van der Waals surface area contributed by atoms with Crippen molar-refractivity contribution in [2.24, 2.45) is 10.8 Å². The molecule has 1 aromatic rings. The van der Waals surface area contributed by atoms with Crippen LogP contribution < -0.4 is 0 Å². The minimum atomic E-state index is -0.575. The highest BCUT2D eigenvalue weighted by Crippen LogP contribution is 2.65. The van der Waals surface area contributed by atoms with Crippen LogP contribution in [0.15, 0.2) is 42.0 Å². The number of carbonyl (C=O) groups excluding carboxylic acids is 1. The van der Waals surface area contributed by atoms with Crippen LogP contribution in [0.2, 0.25) is 0 Å². The fourth-order valence-corrected chi connectivity index (χ4v) is 2.62. The van der Waals surface area contributed by atoms with Crippen LogP contribution in [0.25, 0.3) is 0 Å². The van der Waals surface area contributed by atoms with E-state index in [1.54, 1.807) is 0 Å². The number of carbonyl (C=O) groups is 1. The molecule has 0 aliphatic heterocycles. The van der Waals surface area contributed by atoms with Gasteiger partial charge in [-0.25, -0.2) is 0 Å². The number of benzene rings is 1. The van der Waals surface area contributed by atoms with Crippen molar-refractivity contribution in [3.8, 4) is 0 Å².